The number of rotatable bonds is 7. The van der Waals surface area contributed by atoms with Gasteiger partial charge >= 0.3 is 6.09 Å². The summed E-state index contributed by atoms with van der Waals surface area (Å²) < 4.78 is 25.1. The van der Waals surface area contributed by atoms with E-state index in [4.69, 9.17) is 14.5 Å². The van der Waals surface area contributed by atoms with Gasteiger partial charge in [-0.15, -0.1) is 0 Å². The average molecular weight is 638 g/mol. The van der Waals surface area contributed by atoms with Crippen molar-refractivity contribution in [1.82, 2.24) is 19.7 Å². The number of hydrogen-bond donors (Lipinski definition) is 0. The maximum Gasteiger partial charge on any atom is 0.410 e. The molecule has 5 rings (SSSR count). The third-order valence-electron chi connectivity index (χ3n) is 9.45. The topological polar surface area (TPSA) is 78.5 Å². The smallest absolute Gasteiger partial charge is 0.410 e. The number of anilines is 1. The van der Waals surface area contributed by atoms with Gasteiger partial charge in [0, 0.05) is 62.5 Å². The van der Waals surface area contributed by atoms with E-state index in [2.05, 4.69) is 43.6 Å². The monoisotopic (exact) mass is 637 g/mol. The lowest BCUT2D eigenvalue weighted by Gasteiger charge is -2.48. The Balaban J connectivity index is 1.38. The van der Waals surface area contributed by atoms with Crippen LogP contribution in [0.4, 0.5) is 14.9 Å². The number of piperazine rings is 1. The van der Waals surface area contributed by atoms with Crippen molar-refractivity contribution in [3.8, 4) is 0 Å². The summed E-state index contributed by atoms with van der Waals surface area (Å²) in [6, 6.07) is 8.68. The summed E-state index contributed by atoms with van der Waals surface area (Å²) in [7, 11) is 0. The van der Waals surface area contributed by atoms with Crippen molar-refractivity contribution in [2.75, 3.05) is 57.4 Å². The molecule has 0 unspecified atom stereocenters. The fourth-order valence-corrected chi connectivity index (χ4v) is 7.01. The maximum absolute atomic E-state index is 14.3. The highest BCUT2D eigenvalue weighted by Crippen LogP contribution is 2.40. The van der Waals surface area contributed by atoms with Crippen LogP contribution in [0.5, 0.6) is 0 Å². The molecule has 3 aliphatic heterocycles. The van der Waals surface area contributed by atoms with Crippen LogP contribution in [0.2, 0.25) is 0 Å². The largest absolute Gasteiger partial charge is 0.444 e. The fourth-order valence-electron chi connectivity index (χ4n) is 7.01. The van der Waals surface area contributed by atoms with E-state index < -0.39 is 5.60 Å². The summed E-state index contributed by atoms with van der Waals surface area (Å²) in [4.78, 5) is 40.9. The van der Waals surface area contributed by atoms with Crippen molar-refractivity contribution in [2.45, 2.75) is 91.0 Å². The first-order valence-corrected chi connectivity index (χ1v) is 16.7. The Kier molecular flexibility index (Phi) is 10.1. The van der Waals surface area contributed by atoms with Crippen LogP contribution < -0.4 is 4.90 Å². The standard InChI is InChI=1S/C36H52FN5O4/c1-24(2)31-22-45-14-13-39(31)19-29-20-41(34(44)46-35(4,5)6)25(3)18-40(29)21-32(43)42-23-36(7,8)33-30(42)16-27(17-38-33)15-26-9-11-28(37)12-10-26/h9-12,16-17,24-25,29,31H,13-15,18-23H2,1-8H3/t25-,29+,31+/m1/s1. The second kappa shape index (κ2) is 13.6. The molecule has 0 aliphatic carbocycles. The molecule has 46 heavy (non-hydrogen) atoms. The number of morpholine rings is 1. The van der Waals surface area contributed by atoms with Crippen LogP contribution in [0.3, 0.4) is 0 Å². The highest BCUT2D eigenvalue weighted by molar-refractivity contribution is 5.97. The molecular weight excluding hydrogens is 585 g/mol. The number of carbonyl (C=O) groups is 2. The number of fused-ring (bicyclic) bond motifs is 1. The molecular formula is C36H52FN5O4. The SMILES string of the molecule is CC(C)[C@@H]1COCCN1C[C@H]1CN(C(=O)OC(C)(C)C)[C@H](C)CN1CC(=O)N1CC(C)(C)c2ncc(Cc3ccc(F)cc3)cc21. The lowest BCUT2D eigenvalue weighted by molar-refractivity contribution is -0.122. The molecule has 0 radical (unpaired) electrons. The van der Waals surface area contributed by atoms with Crippen LogP contribution in [-0.4, -0.2) is 108 Å². The van der Waals surface area contributed by atoms with E-state index in [1.54, 1.807) is 12.1 Å². The van der Waals surface area contributed by atoms with Gasteiger partial charge in [-0.2, -0.15) is 0 Å². The molecule has 252 valence electrons. The summed E-state index contributed by atoms with van der Waals surface area (Å²) in [5.41, 5.74) is 2.84. The molecule has 2 fully saturated rings. The van der Waals surface area contributed by atoms with Gasteiger partial charge in [-0.25, -0.2) is 9.18 Å². The van der Waals surface area contributed by atoms with E-state index in [1.807, 2.05) is 43.7 Å². The Morgan fingerprint density at radius 3 is 2.50 bits per heavy atom. The van der Waals surface area contributed by atoms with Crippen molar-refractivity contribution >= 4 is 17.7 Å². The molecule has 0 spiro atoms. The van der Waals surface area contributed by atoms with Crippen molar-refractivity contribution in [3.63, 3.8) is 0 Å². The minimum absolute atomic E-state index is 0.0258. The summed E-state index contributed by atoms with van der Waals surface area (Å²) in [6.07, 6.45) is 2.17. The van der Waals surface area contributed by atoms with E-state index in [-0.39, 0.29) is 47.9 Å². The molecule has 0 bridgehead atoms. The van der Waals surface area contributed by atoms with Crippen LogP contribution in [0.1, 0.15) is 72.2 Å². The predicted molar refractivity (Wildman–Crippen MR) is 178 cm³/mol. The molecule has 2 aromatic rings. The summed E-state index contributed by atoms with van der Waals surface area (Å²) in [5.74, 6) is 0.180. The Labute approximate surface area is 274 Å². The Morgan fingerprint density at radius 1 is 1.11 bits per heavy atom. The first-order valence-electron chi connectivity index (χ1n) is 16.7. The van der Waals surface area contributed by atoms with E-state index in [0.717, 1.165) is 35.6 Å². The van der Waals surface area contributed by atoms with E-state index in [0.29, 0.717) is 45.2 Å². The van der Waals surface area contributed by atoms with Gasteiger partial charge in [-0.3, -0.25) is 19.6 Å². The number of hydrogen-bond acceptors (Lipinski definition) is 7. The number of halogens is 1. The average Bonchev–Trinajstić information content (AvgIpc) is 3.24. The van der Waals surface area contributed by atoms with Crippen LogP contribution in [-0.2, 0) is 26.1 Å². The molecule has 1 aromatic heterocycles. The molecule has 2 saturated heterocycles. The van der Waals surface area contributed by atoms with Crippen molar-refractivity contribution in [3.05, 3.63) is 59.2 Å². The van der Waals surface area contributed by atoms with Gasteiger partial charge in [-0.1, -0.05) is 39.8 Å². The number of ether oxygens (including phenoxy) is 2. The highest BCUT2D eigenvalue weighted by atomic mass is 19.1. The Morgan fingerprint density at radius 2 is 1.83 bits per heavy atom. The lowest BCUT2D eigenvalue weighted by Crippen LogP contribution is -2.64. The van der Waals surface area contributed by atoms with Gasteiger partial charge in [0.25, 0.3) is 0 Å². The first kappa shape index (κ1) is 34.3. The predicted octanol–water partition coefficient (Wildman–Crippen LogP) is 5.10. The van der Waals surface area contributed by atoms with E-state index in [9.17, 15) is 14.0 Å². The van der Waals surface area contributed by atoms with Gasteiger partial charge in [0.1, 0.15) is 11.4 Å². The number of amides is 2. The highest BCUT2D eigenvalue weighted by Gasteiger charge is 2.43. The van der Waals surface area contributed by atoms with E-state index >= 15 is 0 Å². The maximum atomic E-state index is 14.3. The number of benzene rings is 1. The molecule has 4 heterocycles. The van der Waals surface area contributed by atoms with Crippen molar-refractivity contribution < 1.29 is 23.5 Å². The van der Waals surface area contributed by atoms with Gasteiger partial charge in [0.2, 0.25) is 5.91 Å². The zero-order valence-electron chi connectivity index (χ0n) is 28.9. The zero-order chi connectivity index (χ0) is 33.4. The second-order valence-electron chi connectivity index (χ2n) is 15.3. The normalized spacial score (nSPS) is 23.9. The summed E-state index contributed by atoms with van der Waals surface area (Å²) in [6.45, 7) is 21.1. The molecule has 2 amide bonds. The van der Waals surface area contributed by atoms with Gasteiger partial charge < -0.3 is 19.3 Å². The molecule has 0 saturated carbocycles. The van der Waals surface area contributed by atoms with Crippen molar-refractivity contribution in [2.24, 2.45) is 5.92 Å². The van der Waals surface area contributed by atoms with Crippen LogP contribution in [0.25, 0.3) is 0 Å². The van der Waals surface area contributed by atoms with Crippen LogP contribution >= 0.6 is 0 Å². The minimum atomic E-state index is -0.591. The molecule has 9 nitrogen and oxygen atoms in total. The van der Waals surface area contributed by atoms with E-state index in [1.165, 1.54) is 12.1 Å². The summed E-state index contributed by atoms with van der Waals surface area (Å²) >= 11 is 0. The zero-order valence-corrected chi connectivity index (χ0v) is 28.9. The molecule has 3 aliphatic rings. The van der Waals surface area contributed by atoms with Crippen LogP contribution in [0.15, 0.2) is 36.5 Å². The summed E-state index contributed by atoms with van der Waals surface area (Å²) in [5, 5.41) is 0. The third-order valence-corrected chi connectivity index (χ3v) is 9.45. The fraction of sp³-hybridized carbons (Fsp3) is 0.639. The van der Waals surface area contributed by atoms with Crippen molar-refractivity contribution in [1.29, 1.82) is 0 Å². The number of aromatic nitrogens is 1. The Bertz CT molecular complexity index is 1390. The van der Waals surface area contributed by atoms with Crippen LogP contribution in [0, 0.1) is 11.7 Å². The number of nitrogens with zero attached hydrogens (tertiary/aromatic N) is 5. The van der Waals surface area contributed by atoms with Gasteiger partial charge in [0.05, 0.1) is 31.1 Å². The number of carbonyl (C=O) groups excluding carboxylic acids is 2. The second-order valence-corrected chi connectivity index (χ2v) is 15.3. The molecule has 3 atom stereocenters. The minimum Gasteiger partial charge on any atom is -0.444 e. The quantitative estimate of drug-likeness (QED) is 0.418. The molecule has 1 aromatic carbocycles. The van der Waals surface area contributed by atoms with Gasteiger partial charge in [-0.05, 0) is 69.4 Å². The van der Waals surface area contributed by atoms with Gasteiger partial charge in [0.15, 0.2) is 0 Å². The number of pyridine rings is 1. The lowest BCUT2D eigenvalue weighted by atomic mass is 9.91. The molecule has 10 heteroatoms. The molecule has 0 N–H and O–H groups in total. The first-order chi connectivity index (χ1) is 21.6. The Hall–Kier alpha value is -3.08. The third kappa shape index (κ3) is 7.89.